The molecule has 2 rings (SSSR count). The highest BCUT2D eigenvalue weighted by molar-refractivity contribution is 7.10. The average molecular weight is 282 g/mol. The van der Waals surface area contributed by atoms with Crippen LogP contribution in [0.4, 0.5) is 0 Å². The molecule has 2 N–H and O–H groups in total. The summed E-state index contributed by atoms with van der Waals surface area (Å²) in [6.07, 6.45) is -0.142. The van der Waals surface area contributed by atoms with Crippen LogP contribution in [0.3, 0.4) is 0 Å². The van der Waals surface area contributed by atoms with Crippen molar-refractivity contribution in [3.8, 4) is 0 Å². The summed E-state index contributed by atoms with van der Waals surface area (Å²) in [5.41, 5.74) is 1.87. The van der Waals surface area contributed by atoms with Gasteiger partial charge in [0.25, 0.3) is 5.91 Å². The van der Waals surface area contributed by atoms with Gasteiger partial charge in [-0.1, -0.05) is 6.07 Å². The van der Waals surface area contributed by atoms with Gasteiger partial charge in [-0.3, -0.25) is 9.59 Å². The topological polar surface area (TPSA) is 79.3 Å². The number of carbonyl (C=O) groups is 2. The van der Waals surface area contributed by atoms with Gasteiger partial charge in [0.1, 0.15) is 5.69 Å². The largest absolute Gasteiger partial charge is 0.481 e. The van der Waals surface area contributed by atoms with E-state index in [0.29, 0.717) is 5.69 Å². The number of carboxylic acid groups (broad SMARTS) is 1. The Morgan fingerprint density at radius 3 is 2.89 bits per heavy atom. The van der Waals surface area contributed by atoms with E-state index in [4.69, 9.17) is 5.11 Å². The molecule has 0 aromatic carbocycles. The van der Waals surface area contributed by atoms with Crippen molar-refractivity contribution in [2.75, 3.05) is 0 Å². The molecule has 0 aliphatic carbocycles. The van der Waals surface area contributed by atoms with Gasteiger partial charge in [-0.2, -0.15) is 0 Å². The Labute approximate surface area is 111 Å². The summed E-state index contributed by atoms with van der Waals surface area (Å²) in [7, 11) is 0. The lowest BCUT2D eigenvalue weighted by Gasteiger charge is -2.14. The average Bonchev–Trinajstić information content (AvgIpc) is 3.01. The molecule has 5 nitrogen and oxygen atoms in total. The van der Waals surface area contributed by atoms with Crippen LogP contribution in [0.1, 0.15) is 27.8 Å². The Morgan fingerprint density at radius 2 is 2.33 bits per heavy atom. The first-order valence-electron chi connectivity index (χ1n) is 5.11. The second-order valence-electron chi connectivity index (χ2n) is 3.51. The SMILES string of the molecule is O=C(O)C[C@@H](NC(=O)c1cscn1)c1cccs1. The number of aliphatic carboxylic acids is 1. The molecular weight excluding hydrogens is 272 g/mol. The van der Waals surface area contributed by atoms with Crippen LogP contribution in [0.25, 0.3) is 0 Å². The standard InChI is InChI=1S/C11H10N2O3S2/c14-10(15)4-7(9-2-1-3-18-9)13-11(16)8-5-17-6-12-8/h1-3,5-7H,4H2,(H,13,16)(H,14,15)/t7-/m1/s1. The van der Waals surface area contributed by atoms with Crippen LogP contribution < -0.4 is 5.32 Å². The first-order chi connectivity index (χ1) is 8.66. The number of hydrogen-bond acceptors (Lipinski definition) is 5. The minimum Gasteiger partial charge on any atom is -0.481 e. The molecule has 0 saturated heterocycles. The van der Waals surface area contributed by atoms with Crippen molar-refractivity contribution in [3.05, 3.63) is 39.0 Å². The first-order valence-corrected chi connectivity index (χ1v) is 6.93. The number of hydrogen-bond donors (Lipinski definition) is 2. The third kappa shape index (κ3) is 3.14. The minimum absolute atomic E-state index is 0.142. The lowest BCUT2D eigenvalue weighted by molar-refractivity contribution is -0.137. The van der Waals surface area contributed by atoms with Crippen LogP contribution in [-0.4, -0.2) is 22.0 Å². The van der Waals surface area contributed by atoms with E-state index in [-0.39, 0.29) is 12.3 Å². The molecule has 7 heteroatoms. The predicted octanol–water partition coefficient (Wildman–Crippen LogP) is 2.15. The Kier molecular flexibility index (Phi) is 4.06. The Morgan fingerprint density at radius 1 is 1.50 bits per heavy atom. The van der Waals surface area contributed by atoms with Gasteiger partial charge in [0.15, 0.2) is 0 Å². The Balaban J connectivity index is 2.11. The maximum atomic E-state index is 11.8. The molecule has 2 heterocycles. The summed E-state index contributed by atoms with van der Waals surface area (Å²) in [5, 5.41) is 15.0. The highest BCUT2D eigenvalue weighted by Crippen LogP contribution is 2.22. The fraction of sp³-hybridized carbons (Fsp3) is 0.182. The summed E-state index contributed by atoms with van der Waals surface area (Å²) in [5.74, 6) is -1.30. The van der Waals surface area contributed by atoms with Crippen molar-refractivity contribution in [3.63, 3.8) is 0 Å². The molecule has 0 radical (unpaired) electrons. The molecule has 94 valence electrons. The highest BCUT2D eigenvalue weighted by atomic mass is 32.1. The van der Waals surface area contributed by atoms with E-state index in [1.165, 1.54) is 22.7 Å². The van der Waals surface area contributed by atoms with E-state index in [1.54, 1.807) is 17.0 Å². The van der Waals surface area contributed by atoms with E-state index in [2.05, 4.69) is 10.3 Å². The number of rotatable bonds is 5. The molecule has 0 aliphatic heterocycles. The van der Waals surface area contributed by atoms with Gasteiger partial charge in [-0.25, -0.2) is 4.98 Å². The lowest BCUT2D eigenvalue weighted by atomic mass is 10.1. The summed E-state index contributed by atoms with van der Waals surface area (Å²) in [6, 6.07) is 3.11. The van der Waals surface area contributed by atoms with Gasteiger partial charge in [-0.05, 0) is 11.4 Å². The summed E-state index contributed by atoms with van der Waals surface area (Å²) >= 11 is 2.74. The van der Waals surface area contributed by atoms with Crippen molar-refractivity contribution < 1.29 is 14.7 Å². The molecule has 0 aliphatic rings. The maximum Gasteiger partial charge on any atom is 0.305 e. The summed E-state index contributed by atoms with van der Waals surface area (Å²) < 4.78 is 0. The zero-order valence-electron chi connectivity index (χ0n) is 9.20. The molecule has 0 spiro atoms. The second kappa shape index (κ2) is 5.74. The van der Waals surface area contributed by atoms with Crippen LogP contribution in [0, 0.1) is 0 Å². The van der Waals surface area contributed by atoms with E-state index < -0.39 is 12.0 Å². The molecule has 0 unspecified atom stereocenters. The van der Waals surface area contributed by atoms with Gasteiger partial charge in [0, 0.05) is 10.3 Å². The van der Waals surface area contributed by atoms with Crippen molar-refractivity contribution in [1.82, 2.24) is 10.3 Å². The molecule has 2 aromatic rings. The lowest BCUT2D eigenvalue weighted by Crippen LogP contribution is -2.29. The number of carboxylic acids is 1. The van der Waals surface area contributed by atoms with E-state index in [9.17, 15) is 9.59 Å². The van der Waals surface area contributed by atoms with Gasteiger partial charge in [0.05, 0.1) is 18.0 Å². The van der Waals surface area contributed by atoms with Crippen LogP contribution in [0.2, 0.25) is 0 Å². The zero-order chi connectivity index (χ0) is 13.0. The van der Waals surface area contributed by atoms with Crippen LogP contribution in [0.15, 0.2) is 28.4 Å². The third-order valence-corrected chi connectivity index (χ3v) is 3.81. The minimum atomic E-state index is -0.952. The molecule has 2 aromatic heterocycles. The summed E-state index contributed by atoms with van der Waals surface area (Å²) in [6.45, 7) is 0. The molecular formula is C11H10N2O3S2. The zero-order valence-corrected chi connectivity index (χ0v) is 10.8. The summed E-state index contributed by atoms with van der Waals surface area (Å²) in [4.78, 5) is 27.4. The van der Waals surface area contributed by atoms with Gasteiger partial charge in [-0.15, -0.1) is 22.7 Å². The number of carbonyl (C=O) groups excluding carboxylic acids is 1. The Bertz CT molecular complexity index is 522. The maximum absolute atomic E-state index is 11.8. The van der Waals surface area contributed by atoms with Crippen molar-refractivity contribution >= 4 is 34.6 Å². The van der Waals surface area contributed by atoms with Gasteiger partial charge < -0.3 is 10.4 Å². The molecule has 0 saturated carbocycles. The number of thiazole rings is 1. The smallest absolute Gasteiger partial charge is 0.305 e. The molecule has 1 amide bonds. The van der Waals surface area contributed by atoms with Crippen LogP contribution in [0.5, 0.6) is 0 Å². The van der Waals surface area contributed by atoms with E-state index >= 15 is 0 Å². The fourth-order valence-electron chi connectivity index (χ4n) is 1.44. The van der Waals surface area contributed by atoms with Crippen molar-refractivity contribution in [2.45, 2.75) is 12.5 Å². The van der Waals surface area contributed by atoms with Crippen molar-refractivity contribution in [1.29, 1.82) is 0 Å². The number of nitrogens with one attached hydrogen (secondary N) is 1. The first kappa shape index (κ1) is 12.7. The normalized spacial score (nSPS) is 12.0. The van der Waals surface area contributed by atoms with E-state index in [0.717, 1.165) is 4.88 Å². The molecule has 0 fully saturated rings. The molecule has 18 heavy (non-hydrogen) atoms. The van der Waals surface area contributed by atoms with Gasteiger partial charge in [0.2, 0.25) is 0 Å². The number of thiophene rings is 1. The number of amides is 1. The van der Waals surface area contributed by atoms with Crippen LogP contribution >= 0.6 is 22.7 Å². The quantitative estimate of drug-likeness (QED) is 0.880. The fourth-order valence-corrected chi connectivity index (χ4v) is 2.75. The molecule has 1 atom stereocenters. The predicted molar refractivity (Wildman–Crippen MR) is 68.9 cm³/mol. The van der Waals surface area contributed by atoms with Gasteiger partial charge >= 0.3 is 5.97 Å². The monoisotopic (exact) mass is 282 g/mol. The third-order valence-electron chi connectivity index (χ3n) is 2.24. The Hall–Kier alpha value is -1.73. The molecule has 0 bridgehead atoms. The number of nitrogens with zero attached hydrogens (tertiary/aromatic N) is 1. The second-order valence-corrected chi connectivity index (χ2v) is 5.21. The highest BCUT2D eigenvalue weighted by Gasteiger charge is 2.20. The van der Waals surface area contributed by atoms with Crippen molar-refractivity contribution in [2.24, 2.45) is 0 Å². The van der Waals surface area contributed by atoms with E-state index in [1.807, 2.05) is 11.4 Å². The van der Waals surface area contributed by atoms with Crippen LogP contribution in [-0.2, 0) is 4.79 Å². The number of aromatic nitrogens is 1.